The third kappa shape index (κ3) is 4.27. The maximum absolute atomic E-state index is 6.19. The maximum atomic E-state index is 6.19. The lowest BCUT2D eigenvalue weighted by atomic mass is 10.1. The normalized spacial score (nSPS) is 15.6. The molecule has 0 aromatic carbocycles. The Bertz CT molecular complexity index is 943. The molecule has 3 aromatic heterocycles. The first-order valence-corrected chi connectivity index (χ1v) is 10.5. The van der Waals surface area contributed by atoms with Gasteiger partial charge in [0.1, 0.15) is 11.5 Å². The summed E-state index contributed by atoms with van der Waals surface area (Å²) in [6.45, 7) is 8.44. The number of rotatable bonds is 7. The average Bonchev–Trinajstić information content (AvgIpc) is 3.09. The molecule has 8 nitrogen and oxygen atoms in total. The molecule has 0 bridgehead atoms. The third-order valence-corrected chi connectivity index (χ3v) is 5.52. The number of piperazine rings is 1. The molecule has 4 rings (SSSR count). The van der Waals surface area contributed by atoms with E-state index in [1.54, 1.807) is 6.20 Å². The topological polar surface area (TPSA) is 96.9 Å². The van der Waals surface area contributed by atoms with Crippen LogP contribution in [0.3, 0.4) is 0 Å². The van der Waals surface area contributed by atoms with Crippen LogP contribution in [0.1, 0.15) is 39.2 Å². The molecule has 0 aliphatic carbocycles. The van der Waals surface area contributed by atoms with Crippen molar-refractivity contribution in [1.82, 2.24) is 24.8 Å². The van der Waals surface area contributed by atoms with E-state index >= 15 is 0 Å². The van der Waals surface area contributed by atoms with Crippen LogP contribution in [-0.2, 0) is 0 Å². The molecule has 8 heteroatoms. The number of nitrogen functional groups attached to an aromatic ring is 1. The highest BCUT2D eigenvalue weighted by molar-refractivity contribution is 5.89. The molecule has 1 fully saturated rings. The lowest BCUT2D eigenvalue weighted by Gasteiger charge is -2.29. The van der Waals surface area contributed by atoms with Crippen LogP contribution in [0.2, 0.25) is 0 Å². The summed E-state index contributed by atoms with van der Waals surface area (Å²) < 4.78 is 2.16. The van der Waals surface area contributed by atoms with E-state index in [0.717, 1.165) is 55.1 Å². The van der Waals surface area contributed by atoms with Crippen molar-refractivity contribution in [1.29, 1.82) is 0 Å². The first-order chi connectivity index (χ1) is 14.2. The minimum absolute atomic E-state index is 0.342. The smallest absolute Gasteiger partial charge is 0.230 e. The van der Waals surface area contributed by atoms with E-state index in [9.17, 15) is 0 Å². The number of fused-ring (bicyclic) bond motifs is 1. The van der Waals surface area contributed by atoms with E-state index in [1.165, 1.54) is 12.8 Å². The van der Waals surface area contributed by atoms with Crippen LogP contribution in [0.4, 0.5) is 23.1 Å². The molecule has 0 spiro atoms. The number of hydrogen-bond acceptors (Lipinski definition) is 7. The molecule has 154 valence electrons. The van der Waals surface area contributed by atoms with Gasteiger partial charge in [0.05, 0.1) is 23.0 Å². The van der Waals surface area contributed by atoms with Gasteiger partial charge in [-0.15, -0.1) is 0 Å². The van der Waals surface area contributed by atoms with Gasteiger partial charge in [-0.05, 0) is 25.5 Å². The SMILES string of the molecule is CCCCC(C)n1cc(N)c2cnc(Nc3ccc(N4CCNCC4)cn3)nc21. The fourth-order valence-corrected chi connectivity index (χ4v) is 3.77. The second kappa shape index (κ2) is 8.65. The highest BCUT2D eigenvalue weighted by Crippen LogP contribution is 2.28. The lowest BCUT2D eigenvalue weighted by Crippen LogP contribution is -2.43. The lowest BCUT2D eigenvalue weighted by molar-refractivity contribution is 0.496. The van der Waals surface area contributed by atoms with Gasteiger partial charge in [0.25, 0.3) is 0 Å². The molecule has 1 aliphatic heterocycles. The Morgan fingerprint density at radius 3 is 2.76 bits per heavy atom. The van der Waals surface area contributed by atoms with Crippen molar-refractivity contribution in [3.63, 3.8) is 0 Å². The van der Waals surface area contributed by atoms with E-state index in [4.69, 9.17) is 10.7 Å². The van der Waals surface area contributed by atoms with Gasteiger partial charge in [-0.3, -0.25) is 0 Å². The van der Waals surface area contributed by atoms with Crippen molar-refractivity contribution in [2.24, 2.45) is 0 Å². The molecule has 1 unspecified atom stereocenters. The number of nitrogens with two attached hydrogens (primary N) is 1. The first kappa shape index (κ1) is 19.4. The Morgan fingerprint density at radius 2 is 2.03 bits per heavy atom. The molecule has 1 atom stereocenters. The van der Waals surface area contributed by atoms with Crippen LogP contribution in [0, 0.1) is 0 Å². The van der Waals surface area contributed by atoms with Crippen LogP contribution in [0.15, 0.2) is 30.7 Å². The second-order valence-electron chi connectivity index (χ2n) is 7.68. The molecule has 0 saturated carbocycles. The third-order valence-electron chi connectivity index (χ3n) is 5.52. The molecule has 1 saturated heterocycles. The summed E-state index contributed by atoms with van der Waals surface area (Å²) in [7, 11) is 0. The van der Waals surface area contributed by atoms with Crippen LogP contribution in [-0.4, -0.2) is 45.7 Å². The molecule has 1 aliphatic rings. The summed E-state index contributed by atoms with van der Waals surface area (Å²) in [5.74, 6) is 1.26. The van der Waals surface area contributed by atoms with Gasteiger partial charge < -0.3 is 25.8 Å². The standard InChI is InChI=1S/C21H30N8/c1-3-4-5-15(2)29-14-18(22)17-13-25-21(27-20(17)29)26-19-7-6-16(12-24-19)28-10-8-23-9-11-28/h6-7,12-15,23H,3-5,8-11,22H2,1-2H3,(H,24,25,26,27). The maximum Gasteiger partial charge on any atom is 0.230 e. The van der Waals surface area contributed by atoms with Crippen molar-refractivity contribution < 1.29 is 0 Å². The fraction of sp³-hybridized carbons (Fsp3) is 0.476. The Morgan fingerprint density at radius 1 is 1.21 bits per heavy atom. The van der Waals surface area contributed by atoms with Crippen LogP contribution < -0.4 is 21.3 Å². The zero-order valence-corrected chi connectivity index (χ0v) is 17.2. The van der Waals surface area contributed by atoms with E-state index in [2.05, 4.69) is 50.0 Å². The zero-order chi connectivity index (χ0) is 20.2. The van der Waals surface area contributed by atoms with Crippen LogP contribution in [0.25, 0.3) is 11.0 Å². The first-order valence-electron chi connectivity index (χ1n) is 10.5. The number of unbranched alkanes of at least 4 members (excludes halogenated alkanes) is 1. The quantitative estimate of drug-likeness (QED) is 0.565. The molecule has 0 amide bonds. The number of nitrogens with zero attached hydrogens (tertiary/aromatic N) is 5. The van der Waals surface area contributed by atoms with Crippen molar-refractivity contribution in [2.45, 2.75) is 39.2 Å². The highest BCUT2D eigenvalue weighted by atomic mass is 15.2. The van der Waals surface area contributed by atoms with Crippen molar-refractivity contribution in [2.75, 3.05) is 42.1 Å². The van der Waals surface area contributed by atoms with Gasteiger partial charge in [-0.1, -0.05) is 19.8 Å². The van der Waals surface area contributed by atoms with Crippen LogP contribution >= 0.6 is 0 Å². The van der Waals surface area contributed by atoms with Gasteiger partial charge in [-0.25, -0.2) is 9.97 Å². The molecule has 4 heterocycles. The Balaban J connectivity index is 1.53. The average molecular weight is 395 g/mol. The number of hydrogen-bond donors (Lipinski definition) is 3. The minimum atomic E-state index is 0.342. The number of nitrogens with one attached hydrogen (secondary N) is 2. The summed E-state index contributed by atoms with van der Waals surface area (Å²) in [6.07, 6.45) is 9.13. The predicted molar refractivity (Wildman–Crippen MR) is 119 cm³/mol. The number of pyridine rings is 1. The summed E-state index contributed by atoms with van der Waals surface area (Å²) in [4.78, 5) is 16.1. The molecular formula is C21H30N8. The molecule has 3 aromatic rings. The molecular weight excluding hydrogens is 364 g/mol. The van der Waals surface area contributed by atoms with Gasteiger partial charge in [0, 0.05) is 44.6 Å². The predicted octanol–water partition coefficient (Wildman–Crippen LogP) is 3.31. The summed E-state index contributed by atoms with van der Waals surface area (Å²) in [5, 5.41) is 7.48. The van der Waals surface area contributed by atoms with Crippen molar-refractivity contribution in [3.05, 3.63) is 30.7 Å². The van der Waals surface area contributed by atoms with E-state index < -0.39 is 0 Å². The number of aromatic nitrogens is 4. The van der Waals surface area contributed by atoms with Crippen molar-refractivity contribution >= 4 is 34.2 Å². The monoisotopic (exact) mass is 394 g/mol. The van der Waals surface area contributed by atoms with Crippen molar-refractivity contribution in [3.8, 4) is 0 Å². The Hall–Kier alpha value is -2.87. The zero-order valence-electron chi connectivity index (χ0n) is 17.2. The van der Waals surface area contributed by atoms with Crippen LogP contribution in [0.5, 0.6) is 0 Å². The highest BCUT2D eigenvalue weighted by Gasteiger charge is 2.15. The molecule has 0 radical (unpaired) electrons. The summed E-state index contributed by atoms with van der Waals surface area (Å²) in [6, 6.07) is 4.41. The van der Waals surface area contributed by atoms with E-state index in [-0.39, 0.29) is 0 Å². The largest absolute Gasteiger partial charge is 0.397 e. The Labute approximate surface area is 171 Å². The summed E-state index contributed by atoms with van der Waals surface area (Å²) in [5.41, 5.74) is 8.91. The molecule has 29 heavy (non-hydrogen) atoms. The molecule has 4 N–H and O–H groups in total. The minimum Gasteiger partial charge on any atom is -0.397 e. The summed E-state index contributed by atoms with van der Waals surface area (Å²) >= 11 is 0. The van der Waals surface area contributed by atoms with Gasteiger partial charge in [0.2, 0.25) is 5.95 Å². The Kier molecular flexibility index (Phi) is 5.80. The van der Waals surface area contributed by atoms with E-state index in [0.29, 0.717) is 17.7 Å². The van der Waals surface area contributed by atoms with Gasteiger partial charge >= 0.3 is 0 Å². The number of anilines is 4. The van der Waals surface area contributed by atoms with E-state index in [1.807, 2.05) is 18.5 Å². The van der Waals surface area contributed by atoms with Gasteiger partial charge in [-0.2, -0.15) is 4.98 Å². The second-order valence-corrected chi connectivity index (χ2v) is 7.68. The van der Waals surface area contributed by atoms with Gasteiger partial charge in [0.15, 0.2) is 0 Å². The fourth-order valence-electron chi connectivity index (χ4n) is 3.77.